The molecule has 4 N–H and O–H groups in total. The van der Waals surface area contributed by atoms with Crippen LogP contribution < -0.4 is 5.73 Å². The van der Waals surface area contributed by atoms with Gasteiger partial charge in [-0.05, 0) is 6.92 Å². The highest BCUT2D eigenvalue weighted by Crippen LogP contribution is 2.09. The van der Waals surface area contributed by atoms with Crippen molar-refractivity contribution in [1.82, 2.24) is 19.9 Å². The number of aliphatic hydroxyl groups excluding tert-OH is 1. The number of nitrogens with zero attached hydrogens (tertiary/aromatic N) is 3. The van der Waals surface area contributed by atoms with Crippen molar-refractivity contribution >= 4 is 17.0 Å². The zero-order valence-electron chi connectivity index (χ0n) is 7.23. The zero-order valence-corrected chi connectivity index (χ0v) is 7.23. The average Bonchev–Trinajstić information content (AvgIpc) is 2.54. The van der Waals surface area contributed by atoms with Gasteiger partial charge in [0.05, 0.1) is 6.33 Å². The van der Waals surface area contributed by atoms with Crippen molar-refractivity contribution in [2.24, 2.45) is 0 Å². The van der Waals surface area contributed by atoms with Gasteiger partial charge in [-0.2, -0.15) is 0 Å². The summed E-state index contributed by atoms with van der Waals surface area (Å²) in [6.07, 6.45) is 2.92. The van der Waals surface area contributed by atoms with E-state index in [0.717, 1.165) is 0 Å². The second-order valence-corrected chi connectivity index (χ2v) is 2.18. The number of nitrogens with one attached hydrogen (secondary N) is 1. The van der Waals surface area contributed by atoms with Gasteiger partial charge in [0.2, 0.25) is 0 Å². The van der Waals surface area contributed by atoms with Crippen LogP contribution in [0.2, 0.25) is 0 Å². The standard InChI is InChI=1S/C5H5N5.C2H6O/c6-4-3-5(9-1-7-3)10-2-8-4;1-2-3/h1-2H,(H3,6,7,8,9,10);3H,2H2,1H3. The fourth-order valence-corrected chi connectivity index (χ4v) is 0.784. The summed E-state index contributed by atoms with van der Waals surface area (Å²) in [6, 6.07) is 0. The summed E-state index contributed by atoms with van der Waals surface area (Å²) < 4.78 is 0. The van der Waals surface area contributed by atoms with Gasteiger partial charge in [-0.15, -0.1) is 0 Å². The smallest absolute Gasteiger partial charge is 0.182 e. The van der Waals surface area contributed by atoms with Crippen LogP contribution in [0.4, 0.5) is 5.82 Å². The Morgan fingerprint density at radius 3 is 2.77 bits per heavy atom. The number of aromatic nitrogens is 4. The van der Waals surface area contributed by atoms with Crippen LogP contribution in [0.3, 0.4) is 0 Å². The average molecular weight is 181 g/mol. The van der Waals surface area contributed by atoms with Crippen molar-refractivity contribution in [2.75, 3.05) is 12.3 Å². The van der Waals surface area contributed by atoms with Gasteiger partial charge in [-0.3, -0.25) is 0 Å². The molecule has 0 atom stereocenters. The molecule has 0 radical (unpaired) electrons. The minimum absolute atomic E-state index is 0.250. The molecular weight excluding hydrogens is 170 g/mol. The molecule has 0 aromatic carbocycles. The summed E-state index contributed by atoms with van der Waals surface area (Å²) in [5, 5.41) is 7.57. The van der Waals surface area contributed by atoms with Gasteiger partial charge in [-0.1, -0.05) is 0 Å². The quantitative estimate of drug-likeness (QED) is 0.528. The Labute approximate surface area is 74.9 Å². The van der Waals surface area contributed by atoms with Gasteiger partial charge in [0.15, 0.2) is 11.5 Å². The van der Waals surface area contributed by atoms with Crippen LogP contribution in [0.1, 0.15) is 6.92 Å². The van der Waals surface area contributed by atoms with E-state index < -0.39 is 0 Å². The topological polar surface area (TPSA) is 101 Å². The fraction of sp³-hybridized carbons (Fsp3) is 0.286. The first-order valence-corrected chi connectivity index (χ1v) is 3.80. The molecule has 0 unspecified atom stereocenters. The van der Waals surface area contributed by atoms with Crippen LogP contribution in [-0.4, -0.2) is 31.6 Å². The molecule has 0 aliphatic carbocycles. The molecule has 13 heavy (non-hydrogen) atoms. The molecule has 0 fully saturated rings. The van der Waals surface area contributed by atoms with Crippen molar-refractivity contribution < 1.29 is 5.11 Å². The van der Waals surface area contributed by atoms with E-state index in [1.807, 2.05) is 0 Å². The molecule has 6 nitrogen and oxygen atoms in total. The highest BCUT2D eigenvalue weighted by atomic mass is 16.2. The van der Waals surface area contributed by atoms with E-state index in [9.17, 15) is 0 Å². The van der Waals surface area contributed by atoms with E-state index in [0.29, 0.717) is 17.0 Å². The molecule has 0 amide bonds. The monoisotopic (exact) mass is 181 g/mol. The van der Waals surface area contributed by atoms with E-state index in [1.54, 1.807) is 6.92 Å². The third kappa shape index (κ3) is 2.12. The molecule has 2 heterocycles. The molecule has 0 bridgehead atoms. The van der Waals surface area contributed by atoms with Gasteiger partial charge in [0.1, 0.15) is 11.8 Å². The molecule has 0 saturated heterocycles. The van der Waals surface area contributed by atoms with Gasteiger partial charge >= 0.3 is 0 Å². The number of hydrogen-bond donors (Lipinski definition) is 3. The number of imidazole rings is 1. The van der Waals surface area contributed by atoms with Gasteiger partial charge < -0.3 is 15.8 Å². The molecule has 0 aliphatic heterocycles. The predicted octanol–water partition coefficient (Wildman–Crippen LogP) is -0.0663. The molecule has 2 aromatic rings. The summed E-state index contributed by atoms with van der Waals surface area (Å²) >= 11 is 0. The van der Waals surface area contributed by atoms with E-state index in [-0.39, 0.29) is 6.61 Å². The van der Waals surface area contributed by atoms with E-state index >= 15 is 0 Å². The lowest BCUT2D eigenvalue weighted by Gasteiger charge is -1.89. The van der Waals surface area contributed by atoms with Crippen molar-refractivity contribution in [3.63, 3.8) is 0 Å². The van der Waals surface area contributed by atoms with Crippen molar-refractivity contribution in [3.8, 4) is 0 Å². The summed E-state index contributed by atoms with van der Waals surface area (Å²) in [6.45, 7) is 1.93. The molecule has 2 rings (SSSR count). The van der Waals surface area contributed by atoms with Crippen molar-refractivity contribution in [3.05, 3.63) is 12.7 Å². The Morgan fingerprint density at radius 1 is 1.46 bits per heavy atom. The van der Waals surface area contributed by atoms with Crippen LogP contribution in [-0.2, 0) is 0 Å². The summed E-state index contributed by atoms with van der Waals surface area (Å²) in [7, 11) is 0. The molecule has 2 aromatic heterocycles. The van der Waals surface area contributed by atoms with E-state index in [4.69, 9.17) is 10.8 Å². The first kappa shape index (κ1) is 9.40. The van der Waals surface area contributed by atoms with Crippen LogP contribution in [0.15, 0.2) is 12.7 Å². The minimum Gasteiger partial charge on any atom is -0.397 e. The Bertz CT molecular complexity index is 372. The molecule has 6 heteroatoms. The Hall–Kier alpha value is -1.69. The summed E-state index contributed by atoms with van der Waals surface area (Å²) in [5.74, 6) is 0.433. The highest BCUT2D eigenvalue weighted by molar-refractivity contribution is 5.80. The van der Waals surface area contributed by atoms with Gasteiger partial charge in [0, 0.05) is 6.61 Å². The highest BCUT2D eigenvalue weighted by Gasteiger charge is 1.99. The summed E-state index contributed by atoms with van der Waals surface area (Å²) in [4.78, 5) is 14.4. The number of H-pyrrole nitrogens is 1. The molecule has 0 saturated carbocycles. The minimum atomic E-state index is 0.250. The maximum Gasteiger partial charge on any atom is 0.182 e. The fourth-order valence-electron chi connectivity index (χ4n) is 0.784. The van der Waals surface area contributed by atoms with Crippen molar-refractivity contribution in [2.45, 2.75) is 6.92 Å². The number of aromatic amines is 1. The maximum atomic E-state index is 7.57. The number of nitrogen functional groups attached to an aromatic ring is 1. The maximum absolute atomic E-state index is 7.57. The second kappa shape index (κ2) is 4.36. The van der Waals surface area contributed by atoms with Crippen LogP contribution in [0, 0.1) is 0 Å². The van der Waals surface area contributed by atoms with Crippen LogP contribution in [0.5, 0.6) is 0 Å². The first-order valence-electron chi connectivity index (χ1n) is 3.80. The number of fused-ring (bicyclic) bond motifs is 1. The van der Waals surface area contributed by atoms with Crippen molar-refractivity contribution in [1.29, 1.82) is 0 Å². The van der Waals surface area contributed by atoms with Crippen LogP contribution in [0.25, 0.3) is 11.2 Å². The Kier molecular flexibility index (Phi) is 3.15. The molecular formula is C7H11N5O. The molecule has 0 aliphatic rings. The Morgan fingerprint density at radius 2 is 2.15 bits per heavy atom. The molecule has 0 spiro atoms. The SMILES string of the molecule is CCO.Nc1ncnc2nc[nH]c12. The normalized spacial score (nSPS) is 9.38. The van der Waals surface area contributed by atoms with Gasteiger partial charge in [-0.25, -0.2) is 15.0 Å². The number of nitrogens with two attached hydrogens (primary N) is 1. The predicted molar refractivity (Wildman–Crippen MR) is 48.9 cm³/mol. The zero-order chi connectivity index (χ0) is 9.68. The second-order valence-electron chi connectivity index (χ2n) is 2.18. The largest absolute Gasteiger partial charge is 0.397 e. The third-order valence-electron chi connectivity index (χ3n) is 1.25. The summed E-state index contributed by atoms with van der Waals surface area (Å²) in [5.41, 5.74) is 6.78. The lowest BCUT2D eigenvalue weighted by atomic mass is 10.5. The third-order valence-corrected chi connectivity index (χ3v) is 1.25. The number of rotatable bonds is 0. The van der Waals surface area contributed by atoms with Gasteiger partial charge in [0.25, 0.3) is 0 Å². The number of hydrogen-bond acceptors (Lipinski definition) is 5. The molecule has 70 valence electrons. The van der Waals surface area contributed by atoms with Crippen LogP contribution >= 0.6 is 0 Å². The number of anilines is 1. The Balaban J connectivity index is 0.000000251. The first-order chi connectivity index (χ1) is 6.29. The lowest BCUT2D eigenvalue weighted by Crippen LogP contribution is -1.91. The van der Waals surface area contributed by atoms with E-state index in [1.165, 1.54) is 12.7 Å². The number of aliphatic hydroxyl groups is 1. The lowest BCUT2D eigenvalue weighted by molar-refractivity contribution is 0.318. The van der Waals surface area contributed by atoms with E-state index in [2.05, 4.69) is 19.9 Å².